The van der Waals surface area contributed by atoms with Crippen molar-refractivity contribution in [1.82, 2.24) is 0 Å². The zero-order valence-corrected chi connectivity index (χ0v) is 9.80. The van der Waals surface area contributed by atoms with Crippen molar-refractivity contribution in [3.63, 3.8) is 0 Å². The van der Waals surface area contributed by atoms with E-state index in [0.717, 1.165) is 6.26 Å². The molecule has 0 heterocycles. The molecule has 0 fully saturated rings. The lowest BCUT2D eigenvalue weighted by atomic mass is 10.1. The number of nitrogens with two attached hydrogens (primary N) is 1. The number of hydrogen-bond acceptors (Lipinski definition) is 4. The van der Waals surface area contributed by atoms with Crippen LogP contribution in [-0.2, 0) is 9.84 Å². The van der Waals surface area contributed by atoms with Crippen LogP contribution in [0.15, 0.2) is 17.0 Å². The standard InChI is InChI=1S/C10H15NO3S/c1-6-4-10(15(3,13)14)8(7(2)11)5-9(6)12/h4-5,7,12H,11H2,1-3H3. The number of benzene rings is 1. The molecule has 0 amide bonds. The van der Waals surface area contributed by atoms with Gasteiger partial charge in [-0.2, -0.15) is 0 Å². The highest BCUT2D eigenvalue weighted by molar-refractivity contribution is 7.90. The van der Waals surface area contributed by atoms with Crippen LogP contribution >= 0.6 is 0 Å². The van der Waals surface area contributed by atoms with Crippen LogP contribution in [0, 0.1) is 6.92 Å². The van der Waals surface area contributed by atoms with Crippen molar-refractivity contribution in [2.24, 2.45) is 5.73 Å². The number of phenolic OH excluding ortho intramolecular Hbond substituents is 1. The van der Waals surface area contributed by atoms with Gasteiger partial charge in [-0.15, -0.1) is 0 Å². The smallest absolute Gasteiger partial charge is 0.175 e. The first kappa shape index (κ1) is 12.0. The molecule has 3 N–H and O–H groups in total. The maximum Gasteiger partial charge on any atom is 0.175 e. The second-order valence-electron chi connectivity index (χ2n) is 3.74. The minimum atomic E-state index is -3.31. The van der Waals surface area contributed by atoms with E-state index in [0.29, 0.717) is 11.1 Å². The zero-order chi connectivity index (χ0) is 11.8. The Hall–Kier alpha value is -1.07. The summed E-state index contributed by atoms with van der Waals surface area (Å²) in [5.41, 5.74) is 6.63. The number of phenols is 1. The monoisotopic (exact) mass is 229 g/mol. The Bertz CT molecular complexity index is 478. The Kier molecular flexibility index (Phi) is 3.06. The lowest BCUT2D eigenvalue weighted by Gasteiger charge is -2.13. The van der Waals surface area contributed by atoms with Gasteiger partial charge in [0.05, 0.1) is 4.90 Å². The summed E-state index contributed by atoms with van der Waals surface area (Å²) >= 11 is 0. The summed E-state index contributed by atoms with van der Waals surface area (Å²) in [5, 5.41) is 9.49. The van der Waals surface area contributed by atoms with E-state index in [1.165, 1.54) is 12.1 Å². The maximum absolute atomic E-state index is 11.5. The van der Waals surface area contributed by atoms with Crippen LogP contribution in [0.3, 0.4) is 0 Å². The van der Waals surface area contributed by atoms with Gasteiger partial charge in [-0.05, 0) is 37.1 Å². The van der Waals surface area contributed by atoms with Gasteiger partial charge in [0.2, 0.25) is 0 Å². The third-order valence-corrected chi connectivity index (χ3v) is 3.37. The average molecular weight is 229 g/mol. The molecule has 1 atom stereocenters. The molecule has 0 radical (unpaired) electrons. The summed E-state index contributed by atoms with van der Waals surface area (Å²) in [7, 11) is -3.31. The Morgan fingerprint density at radius 2 is 1.93 bits per heavy atom. The molecule has 1 rings (SSSR count). The predicted octanol–water partition coefficient (Wildman–Crippen LogP) is 1.12. The lowest BCUT2D eigenvalue weighted by Crippen LogP contribution is -2.11. The zero-order valence-electron chi connectivity index (χ0n) is 8.98. The molecule has 1 aromatic rings. The topological polar surface area (TPSA) is 80.4 Å². The van der Waals surface area contributed by atoms with Gasteiger partial charge in [0.1, 0.15) is 5.75 Å². The van der Waals surface area contributed by atoms with Crippen molar-refractivity contribution in [3.05, 3.63) is 23.3 Å². The molecular weight excluding hydrogens is 214 g/mol. The highest BCUT2D eigenvalue weighted by atomic mass is 32.2. The van der Waals surface area contributed by atoms with Gasteiger partial charge in [-0.1, -0.05) is 0 Å². The molecule has 0 spiro atoms. The maximum atomic E-state index is 11.5. The minimum Gasteiger partial charge on any atom is -0.508 e. The van der Waals surface area contributed by atoms with Crippen molar-refractivity contribution < 1.29 is 13.5 Å². The molecule has 1 unspecified atom stereocenters. The Morgan fingerprint density at radius 3 is 2.33 bits per heavy atom. The van der Waals surface area contributed by atoms with E-state index in [9.17, 15) is 13.5 Å². The van der Waals surface area contributed by atoms with Crippen molar-refractivity contribution in [1.29, 1.82) is 0 Å². The van der Waals surface area contributed by atoms with Crippen LogP contribution in [-0.4, -0.2) is 19.8 Å². The summed E-state index contributed by atoms with van der Waals surface area (Å²) in [6.45, 7) is 3.33. The molecule has 0 saturated carbocycles. The van der Waals surface area contributed by atoms with Crippen LogP contribution in [0.2, 0.25) is 0 Å². The molecule has 0 aliphatic heterocycles. The van der Waals surface area contributed by atoms with Crippen LogP contribution in [0.25, 0.3) is 0 Å². The quantitative estimate of drug-likeness (QED) is 0.796. The number of rotatable bonds is 2. The van der Waals surface area contributed by atoms with E-state index >= 15 is 0 Å². The van der Waals surface area contributed by atoms with Gasteiger partial charge in [0.15, 0.2) is 9.84 Å². The van der Waals surface area contributed by atoms with Crippen molar-refractivity contribution in [2.75, 3.05) is 6.26 Å². The van der Waals surface area contributed by atoms with Gasteiger partial charge in [0, 0.05) is 12.3 Å². The first-order chi connectivity index (χ1) is 6.73. The van der Waals surface area contributed by atoms with E-state index in [1.807, 2.05) is 0 Å². The highest BCUT2D eigenvalue weighted by Gasteiger charge is 2.17. The van der Waals surface area contributed by atoms with Crippen LogP contribution in [0.4, 0.5) is 0 Å². The van der Waals surface area contributed by atoms with Crippen LogP contribution in [0.5, 0.6) is 5.75 Å². The fourth-order valence-electron chi connectivity index (χ4n) is 1.36. The van der Waals surface area contributed by atoms with Gasteiger partial charge in [-0.25, -0.2) is 8.42 Å². The Morgan fingerprint density at radius 1 is 1.40 bits per heavy atom. The summed E-state index contributed by atoms with van der Waals surface area (Å²) in [6.07, 6.45) is 1.13. The van der Waals surface area contributed by atoms with Gasteiger partial charge in [-0.3, -0.25) is 0 Å². The van der Waals surface area contributed by atoms with Gasteiger partial charge in [0.25, 0.3) is 0 Å². The Labute approximate surface area is 89.7 Å². The molecule has 84 valence electrons. The molecule has 0 aromatic heterocycles. The average Bonchev–Trinajstić information content (AvgIpc) is 2.06. The van der Waals surface area contributed by atoms with E-state index < -0.39 is 15.9 Å². The van der Waals surface area contributed by atoms with Gasteiger partial charge < -0.3 is 10.8 Å². The number of aryl methyl sites for hydroxylation is 1. The molecule has 15 heavy (non-hydrogen) atoms. The third-order valence-electron chi connectivity index (χ3n) is 2.22. The SMILES string of the molecule is Cc1cc(S(C)(=O)=O)c(C(C)N)cc1O. The van der Waals surface area contributed by atoms with Crippen molar-refractivity contribution in [2.45, 2.75) is 24.8 Å². The van der Waals surface area contributed by atoms with Gasteiger partial charge >= 0.3 is 0 Å². The molecule has 0 aliphatic rings. The number of aromatic hydroxyl groups is 1. The number of hydrogen-bond donors (Lipinski definition) is 2. The second-order valence-corrected chi connectivity index (χ2v) is 5.72. The van der Waals surface area contributed by atoms with Crippen LogP contribution < -0.4 is 5.73 Å². The minimum absolute atomic E-state index is 0.0645. The molecule has 4 nitrogen and oxygen atoms in total. The van der Waals surface area contributed by atoms with Crippen LogP contribution in [0.1, 0.15) is 24.1 Å². The lowest BCUT2D eigenvalue weighted by molar-refractivity contribution is 0.468. The Balaban J connectivity index is 3.56. The molecule has 0 bridgehead atoms. The summed E-state index contributed by atoms with van der Waals surface area (Å²) in [4.78, 5) is 0.188. The van der Waals surface area contributed by atoms with E-state index in [-0.39, 0.29) is 10.6 Å². The molecule has 0 aliphatic carbocycles. The van der Waals surface area contributed by atoms with E-state index in [2.05, 4.69) is 0 Å². The molecule has 1 aromatic carbocycles. The van der Waals surface area contributed by atoms with E-state index in [4.69, 9.17) is 5.73 Å². The third kappa shape index (κ3) is 2.49. The normalized spacial score (nSPS) is 13.9. The van der Waals surface area contributed by atoms with Crippen molar-refractivity contribution >= 4 is 9.84 Å². The molecule has 0 saturated heterocycles. The molecule has 5 heteroatoms. The second kappa shape index (κ2) is 3.83. The summed E-state index contributed by atoms with van der Waals surface area (Å²) in [6, 6.07) is 2.43. The summed E-state index contributed by atoms with van der Waals surface area (Å²) < 4.78 is 23.0. The molecular formula is C10H15NO3S. The fraction of sp³-hybridized carbons (Fsp3) is 0.400. The van der Waals surface area contributed by atoms with Crippen molar-refractivity contribution in [3.8, 4) is 5.75 Å². The largest absolute Gasteiger partial charge is 0.508 e. The first-order valence-electron chi connectivity index (χ1n) is 4.52. The fourth-order valence-corrected chi connectivity index (χ4v) is 2.43. The predicted molar refractivity (Wildman–Crippen MR) is 58.6 cm³/mol. The number of sulfone groups is 1. The summed E-state index contributed by atoms with van der Waals surface area (Å²) in [5.74, 6) is 0.0645. The first-order valence-corrected chi connectivity index (χ1v) is 6.41. The highest BCUT2D eigenvalue weighted by Crippen LogP contribution is 2.28. The van der Waals surface area contributed by atoms with E-state index in [1.54, 1.807) is 13.8 Å².